The van der Waals surface area contributed by atoms with Gasteiger partial charge in [0, 0.05) is 12.3 Å². The first-order valence-electron chi connectivity index (χ1n) is 3.95. The fraction of sp³-hybridized carbons (Fsp3) is 0.778. The molecule has 1 saturated carbocycles. The molecule has 0 radical (unpaired) electrons. The van der Waals surface area contributed by atoms with Crippen LogP contribution in [0, 0.1) is 23.7 Å². The van der Waals surface area contributed by atoms with E-state index in [1.54, 1.807) is 0 Å². The van der Waals surface area contributed by atoms with Gasteiger partial charge in [-0.05, 0) is 31.6 Å². The molecule has 1 atom stereocenters. The van der Waals surface area contributed by atoms with Crippen molar-refractivity contribution in [2.45, 2.75) is 32.1 Å². The van der Waals surface area contributed by atoms with Gasteiger partial charge in [0.15, 0.2) is 0 Å². The van der Waals surface area contributed by atoms with Crippen molar-refractivity contribution in [3.05, 3.63) is 0 Å². The molecule has 0 aliphatic heterocycles. The third kappa shape index (κ3) is 1.10. The normalized spacial score (nSPS) is 33.1. The molecular weight excluding hydrogens is 108 g/mol. The van der Waals surface area contributed by atoms with Crippen molar-refractivity contribution in [3.8, 4) is 11.8 Å². The molecule has 0 heterocycles. The average Bonchev–Trinajstić information content (AvgIpc) is 2.71. The minimum Gasteiger partial charge on any atom is -0.103 e. The minimum absolute atomic E-state index is 0.804. The second-order valence-corrected chi connectivity index (χ2v) is 3.16. The van der Waals surface area contributed by atoms with E-state index in [1.807, 2.05) is 0 Å². The van der Waals surface area contributed by atoms with Crippen molar-refractivity contribution < 1.29 is 0 Å². The maximum Gasteiger partial charge on any atom is 0.0231 e. The zero-order valence-electron chi connectivity index (χ0n) is 5.69. The van der Waals surface area contributed by atoms with Crippen LogP contribution in [0.25, 0.3) is 0 Å². The molecule has 0 N–H and O–H groups in total. The predicted molar refractivity (Wildman–Crippen MR) is 37.8 cm³/mol. The van der Waals surface area contributed by atoms with Gasteiger partial charge in [0.2, 0.25) is 0 Å². The van der Waals surface area contributed by atoms with E-state index in [0.717, 1.165) is 18.3 Å². The molecule has 1 fully saturated rings. The monoisotopic (exact) mass is 120 g/mol. The first kappa shape index (κ1) is 5.35. The third-order valence-electron chi connectivity index (χ3n) is 2.30. The van der Waals surface area contributed by atoms with Crippen LogP contribution in [0.4, 0.5) is 0 Å². The summed E-state index contributed by atoms with van der Waals surface area (Å²) in [5, 5.41) is 0. The third-order valence-corrected chi connectivity index (χ3v) is 2.30. The second kappa shape index (κ2) is 2.06. The lowest BCUT2D eigenvalue weighted by atomic mass is 9.94. The van der Waals surface area contributed by atoms with E-state index < -0.39 is 0 Å². The molecule has 1 unspecified atom stereocenters. The number of hydrogen-bond acceptors (Lipinski definition) is 0. The van der Waals surface area contributed by atoms with Crippen molar-refractivity contribution in [2.24, 2.45) is 11.8 Å². The number of rotatable bonds is 1. The lowest BCUT2D eigenvalue weighted by Crippen LogP contribution is -2.02. The van der Waals surface area contributed by atoms with Crippen LogP contribution in [-0.2, 0) is 0 Å². The van der Waals surface area contributed by atoms with Crippen LogP contribution < -0.4 is 0 Å². The quantitative estimate of drug-likeness (QED) is 0.465. The van der Waals surface area contributed by atoms with E-state index in [2.05, 4.69) is 11.8 Å². The van der Waals surface area contributed by atoms with E-state index in [4.69, 9.17) is 0 Å². The Bertz CT molecular complexity index is 155. The summed E-state index contributed by atoms with van der Waals surface area (Å²) >= 11 is 0. The van der Waals surface area contributed by atoms with E-state index >= 15 is 0 Å². The minimum atomic E-state index is 0.804. The van der Waals surface area contributed by atoms with Crippen molar-refractivity contribution in [3.63, 3.8) is 0 Å². The fourth-order valence-electron chi connectivity index (χ4n) is 1.54. The van der Waals surface area contributed by atoms with Crippen LogP contribution in [0.3, 0.4) is 0 Å². The summed E-state index contributed by atoms with van der Waals surface area (Å²) in [5.74, 6) is 8.35. The Balaban J connectivity index is 1.99. The standard InChI is InChI=1S/C9H12/c1-2-4-8(5-3-1)9-6-7-9/h8-9H,1-2,4,6-7H2. The molecule has 2 aliphatic rings. The van der Waals surface area contributed by atoms with E-state index in [9.17, 15) is 0 Å². The molecule has 0 aromatic heterocycles. The lowest BCUT2D eigenvalue weighted by molar-refractivity contribution is 0.512. The Morgan fingerprint density at radius 3 is 2.56 bits per heavy atom. The molecule has 0 nitrogen and oxygen atoms in total. The highest BCUT2D eigenvalue weighted by atomic mass is 14.3. The van der Waals surface area contributed by atoms with E-state index in [1.165, 1.54) is 25.7 Å². The first-order chi connectivity index (χ1) is 4.47. The second-order valence-electron chi connectivity index (χ2n) is 3.16. The maximum atomic E-state index is 3.33. The Labute approximate surface area is 56.6 Å². The summed E-state index contributed by atoms with van der Waals surface area (Å²) in [6.45, 7) is 0. The van der Waals surface area contributed by atoms with Crippen LogP contribution in [0.5, 0.6) is 0 Å². The Morgan fingerprint density at radius 1 is 1.11 bits per heavy atom. The Kier molecular flexibility index (Phi) is 1.23. The van der Waals surface area contributed by atoms with E-state index in [-0.39, 0.29) is 0 Å². The summed E-state index contributed by atoms with van der Waals surface area (Å²) in [4.78, 5) is 0. The van der Waals surface area contributed by atoms with Crippen LogP contribution in [-0.4, -0.2) is 0 Å². The van der Waals surface area contributed by atoms with Gasteiger partial charge in [-0.15, -0.1) is 5.92 Å². The molecular formula is C9H12. The fourth-order valence-corrected chi connectivity index (χ4v) is 1.54. The van der Waals surface area contributed by atoms with Crippen LogP contribution in [0.15, 0.2) is 0 Å². The summed E-state index contributed by atoms with van der Waals surface area (Å²) in [6, 6.07) is 0. The largest absolute Gasteiger partial charge is 0.103 e. The molecule has 48 valence electrons. The summed E-state index contributed by atoms with van der Waals surface area (Å²) < 4.78 is 0. The van der Waals surface area contributed by atoms with Gasteiger partial charge >= 0.3 is 0 Å². The Morgan fingerprint density at radius 2 is 2.00 bits per heavy atom. The maximum absolute atomic E-state index is 3.33. The predicted octanol–water partition coefficient (Wildman–Crippen LogP) is 2.20. The molecule has 2 rings (SSSR count). The lowest BCUT2D eigenvalue weighted by Gasteiger charge is -2.10. The van der Waals surface area contributed by atoms with Crippen molar-refractivity contribution in [1.82, 2.24) is 0 Å². The molecule has 0 saturated heterocycles. The van der Waals surface area contributed by atoms with Gasteiger partial charge in [0.05, 0.1) is 0 Å². The molecule has 0 amide bonds. The molecule has 0 bridgehead atoms. The highest BCUT2D eigenvalue weighted by Crippen LogP contribution is 2.39. The molecule has 2 aliphatic carbocycles. The van der Waals surface area contributed by atoms with Gasteiger partial charge in [-0.3, -0.25) is 0 Å². The first-order valence-corrected chi connectivity index (χ1v) is 3.95. The topological polar surface area (TPSA) is 0 Å². The smallest absolute Gasteiger partial charge is 0.0231 e. The van der Waals surface area contributed by atoms with Gasteiger partial charge in [-0.1, -0.05) is 5.92 Å². The van der Waals surface area contributed by atoms with Gasteiger partial charge in [-0.2, -0.15) is 0 Å². The molecule has 0 heteroatoms. The summed E-state index contributed by atoms with van der Waals surface area (Å²) in [5.41, 5.74) is 0. The summed E-state index contributed by atoms with van der Waals surface area (Å²) in [7, 11) is 0. The van der Waals surface area contributed by atoms with Crippen molar-refractivity contribution in [1.29, 1.82) is 0 Å². The van der Waals surface area contributed by atoms with Crippen LogP contribution in [0.2, 0.25) is 0 Å². The van der Waals surface area contributed by atoms with Crippen LogP contribution >= 0.6 is 0 Å². The molecule has 9 heavy (non-hydrogen) atoms. The Hall–Kier alpha value is -0.440. The number of hydrogen-bond donors (Lipinski definition) is 0. The van der Waals surface area contributed by atoms with Crippen molar-refractivity contribution >= 4 is 0 Å². The average molecular weight is 120 g/mol. The highest BCUT2D eigenvalue weighted by Gasteiger charge is 2.29. The SMILES string of the molecule is C1#CC(C2CC2)CCC1. The van der Waals surface area contributed by atoms with Gasteiger partial charge in [0.1, 0.15) is 0 Å². The van der Waals surface area contributed by atoms with Gasteiger partial charge in [-0.25, -0.2) is 0 Å². The zero-order chi connectivity index (χ0) is 6.10. The van der Waals surface area contributed by atoms with Crippen LogP contribution in [0.1, 0.15) is 32.1 Å². The van der Waals surface area contributed by atoms with Gasteiger partial charge in [0.25, 0.3) is 0 Å². The highest BCUT2D eigenvalue weighted by molar-refractivity contribution is 5.10. The zero-order valence-corrected chi connectivity index (χ0v) is 5.69. The molecule has 0 spiro atoms. The van der Waals surface area contributed by atoms with E-state index in [0.29, 0.717) is 0 Å². The molecule has 0 aromatic rings. The van der Waals surface area contributed by atoms with Gasteiger partial charge < -0.3 is 0 Å². The van der Waals surface area contributed by atoms with Crippen molar-refractivity contribution in [2.75, 3.05) is 0 Å². The molecule has 0 aromatic carbocycles. The summed E-state index contributed by atoms with van der Waals surface area (Å²) in [6.07, 6.45) is 6.81.